The van der Waals surface area contributed by atoms with Crippen molar-refractivity contribution in [2.24, 2.45) is 0 Å². The van der Waals surface area contributed by atoms with Crippen molar-refractivity contribution < 1.29 is 13.9 Å². The fraction of sp³-hybridized carbons (Fsp3) is 0.357. The van der Waals surface area contributed by atoms with Gasteiger partial charge in [0.05, 0.1) is 12.8 Å². The molecular formula is C14H18N2O3. The normalized spacial score (nSPS) is 10.7. The molecule has 0 aliphatic heterocycles. The van der Waals surface area contributed by atoms with Gasteiger partial charge in [0.25, 0.3) is 0 Å². The Balaban J connectivity index is 2.03. The predicted molar refractivity (Wildman–Crippen MR) is 71.5 cm³/mol. The van der Waals surface area contributed by atoms with Gasteiger partial charge < -0.3 is 19.2 Å². The molecule has 0 saturated carbocycles. The number of methoxy groups -OCH3 is 1. The fourth-order valence-electron chi connectivity index (χ4n) is 1.52. The molecule has 5 nitrogen and oxygen atoms in total. The number of para-hydroxylation sites is 2. The molecule has 2 aromatic rings. The standard InChI is InChI=1S/C14H18N2O3/c1-10(2)15-8-11-9-18-14(16-11)19-13-7-5-4-6-12(13)17-3/h4-7,9-10,15H,8H2,1-3H3. The molecule has 1 aromatic carbocycles. The van der Waals surface area contributed by atoms with Crippen molar-refractivity contribution in [2.45, 2.75) is 26.4 Å². The number of hydrogen-bond donors (Lipinski definition) is 1. The van der Waals surface area contributed by atoms with Crippen LogP contribution < -0.4 is 14.8 Å². The van der Waals surface area contributed by atoms with Crippen LogP contribution in [-0.2, 0) is 6.54 Å². The first kappa shape index (κ1) is 13.4. The first-order chi connectivity index (χ1) is 9.19. The predicted octanol–water partition coefficient (Wildman–Crippen LogP) is 2.97. The van der Waals surface area contributed by atoms with Crippen LogP contribution in [0.1, 0.15) is 19.5 Å². The molecule has 0 spiro atoms. The van der Waals surface area contributed by atoms with E-state index in [9.17, 15) is 0 Å². The highest BCUT2D eigenvalue weighted by molar-refractivity contribution is 5.40. The maximum Gasteiger partial charge on any atom is 0.399 e. The maximum atomic E-state index is 5.56. The van der Waals surface area contributed by atoms with Crippen molar-refractivity contribution in [1.29, 1.82) is 0 Å². The van der Waals surface area contributed by atoms with Gasteiger partial charge in [0, 0.05) is 12.6 Å². The van der Waals surface area contributed by atoms with Crippen LogP contribution in [0.5, 0.6) is 17.6 Å². The molecule has 0 saturated heterocycles. The highest BCUT2D eigenvalue weighted by Crippen LogP contribution is 2.30. The molecular weight excluding hydrogens is 244 g/mol. The monoisotopic (exact) mass is 262 g/mol. The summed E-state index contributed by atoms with van der Waals surface area (Å²) >= 11 is 0. The lowest BCUT2D eigenvalue weighted by Crippen LogP contribution is -2.21. The number of aromatic nitrogens is 1. The fourth-order valence-corrected chi connectivity index (χ4v) is 1.52. The molecule has 0 radical (unpaired) electrons. The lowest BCUT2D eigenvalue weighted by molar-refractivity contribution is 0.310. The second kappa shape index (κ2) is 6.24. The second-order valence-electron chi connectivity index (χ2n) is 4.39. The average molecular weight is 262 g/mol. The molecule has 0 unspecified atom stereocenters. The van der Waals surface area contributed by atoms with Crippen molar-refractivity contribution >= 4 is 0 Å². The summed E-state index contributed by atoms with van der Waals surface area (Å²) in [7, 11) is 1.59. The third-order valence-electron chi connectivity index (χ3n) is 2.49. The van der Waals surface area contributed by atoms with Crippen molar-refractivity contribution in [2.75, 3.05) is 7.11 Å². The molecule has 1 heterocycles. The van der Waals surface area contributed by atoms with E-state index in [0.29, 0.717) is 24.1 Å². The Bertz CT molecular complexity index is 523. The number of ether oxygens (including phenoxy) is 2. The van der Waals surface area contributed by atoms with Gasteiger partial charge in [-0.15, -0.1) is 0 Å². The van der Waals surface area contributed by atoms with Crippen LogP contribution in [0.15, 0.2) is 34.9 Å². The van der Waals surface area contributed by atoms with E-state index in [1.54, 1.807) is 19.4 Å². The Morgan fingerprint density at radius 1 is 1.26 bits per heavy atom. The summed E-state index contributed by atoms with van der Waals surface area (Å²) in [6.07, 6.45) is 1.80. The van der Waals surface area contributed by atoms with E-state index in [4.69, 9.17) is 13.9 Å². The smallest absolute Gasteiger partial charge is 0.399 e. The van der Waals surface area contributed by atoms with Crippen LogP contribution in [0.4, 0.5) is 0 Å². The molecule has 0 bridgehead atoms. The minimum absolute atomic E-state index is 0.213. The van der Waals surface area contributed by atoms with Gasteiger partial charge in [-0.1, -0.05) is 26.0 Å². The Labute approximate surface area is 112 Å². The van der Waals surface area contributed by atoms with E-state index in [1.165, 1.54) is 0 Å². The van der Waals surface area contributed by atoms with E-state index in [0.717, 1.165) is 5.69 Å². The Hall–Kier alpha value is -2.01. The van der Waals surface area contributed by atoms with Crippen molar-refractivity contribution in [3.05, 3.63) is 36.2 Å². The second-order valence-corrected chi connectivity index (χ2v) is 4.39. The summed E-state index contributed by atoms with van der Waals surface area (Å²) in [6, 6.07) is 7.76. The van der Waals surface area contributed by atoms with Crippen LogP contribution in [0, 0.1) is 0 Å². The Kier molecular flexibility index (Phi) is 4.41. The van der Waals surface area contributed by atoms with Gasteiger partial charge in [0.15, 0.2) is 11.5 Å². The number of nitrogens with zero attached hydrogens (tertiary/aromatic N) is 1. The SMILES string of the molecule is COc1ccccc1Oc1nc(CNC(C)C)co1. The third-order valence-corrected chi connectivity index (χ3v) is 2.49. The lowest BCUT2D eigenvalue weighted by atomic mass is 10.3. The van der Waals surface area contributed by atoms with Gasteiger partial charge in [-0.2, -0.15) is 4.98 Å². The van der Waals surface area contributed by atoms with Crippen LogP contribution in [0.3, 0.4) is 0 Å². The lowest BCUT2D eigenvalue weighted by Gasteiger charge is -2.06. The van der Waals surface area contributed by atoms with E-state index in [-0.39, 0.29) is 6.08 Å². The highest BCUT2D eigenvalue weighted by Gasteiger charge is 2.09. The largest absolute Gasteiger partial charge is 0.493 e. The summed E-state index contributed by atoms with van der Waals surface area (Å²) in [5, 5.41) is 3.26. The summed E-state index contributed by atoms with van der Waals surface area (Å²) in [6.45, 7) is 4.80. The van der Waals surface area contributed by atoms with Gasteiger partial charge in [-0.3, -0.25) is 0 Å². The summed E-state index contributed by atoms with van der Waals surface area (Å²) in [5.41, 5.74) is 0.804. The van der Waals surface area contributed by atoms with E-state index in [1.807, 2.05) is 18.2 Å². The van der Waals surface area contributed by atoms with Crippen molar-refractivity contribution in [3.8, 4) is 17.6 Å². The summed E-state index contributed by atoms with van der Waals surface area (Å²) in [4.78, 5) is 4.25. The quantitative estimate of drug-likeness (QED) is 0.867. The maximum absolute atomic E-state index is 5.56. The van der Waals surface area contributed by atoms with Crippen LogP contribution in [0.2, 0.25) is 0 Å². The molecule has 0 aliphatic carbocycles. The minimum atomic E-state index is 0.213. The number of nitrogens with one attached hydrogen (secondary N) is 1. The molecule has 0 fully saturated rings. The molecule has 0 amide bonds. The first-order valence-electron chi connectivity index (χ1n) is 6.17. The van der Waals surface area contributed by atoms with Crippen LogP contribution >= 0.6 is 0 Å². The Morgan fingerprint density at radius 2 is 2.00 bits per heavy atom. The number of hydrogen-bond acceptors (Lipinski definition) is 5. The molecule has 5 heteroatoms. The van der Waals surface area contributed by atoms with Gasteiger partial charge >= 0.3 is 6.08 Å². The molecule has 2 rings (SSSR count). The van der Waals surface area contributed by atoms with E-state index in [2.05, 4.69) is 24.1 Å². The molecule has 0 atom stereocenters. The summed E-state index contributed by atoms with van der Waals surface area (Å²) in [5.74, 6) is 1.22. The molecule has 1 N–H and O–H groups in total. The van der Waals surface area contributed by atoms with Gasteiger partial charge in [-0.05, 0) is 12.1 Å². The van der Waals surface area contributed by atoms with E-state index >= 15 is 0 Å². The van der Waals surface area contributed by atoms with Gasteiger partial charge in [0.1, 0.15) is 6.26 Å². The number of benzene rings is 1. The average Bonchev–Trinajstić information content (AvgIpc) is 2.85. The third kappa shape index (κ3) is 3.72. The van der Waals surface area contributed by atoms with Crippen molar-refractivity contribution in [3.63, 3.8) is 0 Å². The summed E-state index contributed by atoms with van der Waals surface area (Å²) < 4.78 is 16.0. The van der Waals surface area contributed by atoms with Crippen molar-refractivity contribution in [1.82, 2.24) is 10.3 Å². The van der Waals surface area contributed by atoms with Gasteiger partial charge in [0.2, 0.25) is 0 Å². The highest BCUT2D eigenvalue weighted by atomic mass is 16.6. The molecule has 19 heavy (non-hydrogen) atoms. The topological polar surface area (TPSA) is 56.5 Å². The van der Waals surface area contributed by atoms with Gasteiger partial charge in [-0.25, -0.2) is 0 Å². The zero-order valence-electron chi connectivity index (χ0n) is 11.3. The van der Waals surface area contributed by atoms with E-state index < -0.39 is 0 Å². The number of oxazole rings is 1. The zero-order chi connectivity index (χ0) is 13.7. The molecule has 0 aliphatic rings. The Morgan fingerprint density at radius 3 is 2.68 bits per heavy atom. The van der Waals surface area contributed by atoms with Crippen LogP contribution in [-0.4, -0.2) is 18.1 Å². The zero-order valence-corrected chi connectivity index (χ0v) is 11.3. The number of rotatable bonds is 6. The molecule has 102 valence electrons. The first-order valence-corrected chi connectivity index (χ1v) is 6.17. The van der Waals surface area contributed by atoms with Crippen LogP contribution in [0.25, 0.3) is 0 Å². The minimum Gasteiger partial charge on any atom is -0.493 e. The molecule has 1 aromatic heterocycles.